The van der Waals surface area contributed by atoms with Crippen molar-refractivity contribution >= 4 is 23.0 Å². The third kappa shape index (κ3) is 2.57. The Morgan fingerprint density at radius 3 is 2.89 bits per heavy atom. The highest BCUT2D eigenvalue weighted by atomic mass is 32.1. The summed E-state index contributed by atoms with van der Waals surface area (Å²) in [6.45, 7) is 6.59. The third-order valence-corrected chi connectivity index (χ3v) is 3.23. The summed E-state index contributed by atoms with van der Waals surface area (Å²) in [6, 6.07) is 4.07. The number of anilines is 1. The van der Waals surface area contributed by atoms with Gasteiger partial charge in [-0.05, 0) is 44.6 Å². The first-order chi connectivity index (χ1) is 8.43. The first-order valence-electron chi connectivity index (χ1n) is 5.99. The molecule has 4 N–H and O–H groups in total. The van der Waals surface area contributed by atoms with Crippen molar-refractivity contribution in [1.82, 2.24) is 5.32 Å². The molecule has 4 nitrogen and oxygen atoms in total. The largest absolute Gasteiger partial charge is 0.485 e. The molecule has 0 amide bonds. The zero-order valence-corrected chi connectivity index (χ0v) is 11.8. The Morgan fingerprint density at radius 1 is 1.50 bits per heavy atom. The lowest BCUT2D eigenvalue weighted by Crippen LogP contribution is -2.33. The molecule has 0 bridgehead atoms. The van der Waals surface area contributed by atoms with Gasteiger partial charge in [-0.1, -0.05) is 6.07 Å². The van der Waals surface area contributed by atoms with E-state index in [0.29, 0.717) is 11.8 Å². The molecule has 1 aliphatic rings. The first kappa shape index (κ1) is 13.1. The molecule has 0 unspecified atom stereocenters. The molecule has 0 spiro atoms. The summed E-state index contributed by atoms with van der Waals surface area (Å²) < 4.78 is 6.00. The van der Waals surface area contributed by atoms with Crippen LogP contribution in [0.4, 0.5) is 5.69 Å². The van der Waals surface area contributed by atoms with Gasteiger partial charge in [0.2, 0.25) is 0 Å². The van der Waals surface area contributed by atoms with Gasteiger partial charge in [-0.15, -0.1) is 0 Å². The van der Waals surface area contributed by atoms with Crippen molar-refractivity contribution in [1.29, 1.82) is 0 Å². The molecule has 0 aromatic heterocycles. The van der Waals surface area contributed by atoms with Gasteiger partial charge in [0.25, 0.3) is 0 Å². The van der Waals surface area contributed by atoms with Gasteiger partial charge in [0, 0.05) is 12.0 Å². The van der Waals surface area contributed by atoms with Crippen LogP contribution < -0.4 is 21.1 Å². The lowest BCUT2D eigenvalue weighted by atomic mass is 9.98. The van der Waals surface area contributed by atoms with E-state index in [4.69, 9.17) is 22.7 Å². The minimum absolute atomic E-state index is 0.159. The number of fused-ring (bicyclic) bond motifs is 1. The van der Waals surface area contributed by atoms with Crippen LogP contribution in [-0.4, -0.2) is 17.4 Å². The van der Waals surface area contributed by atoms with Crippen molar-refractivity contribution in [3.05, 3.63) is 23.3 Å². The van der Waals surface area contributed by atoms with E-state index in [2.05, 4.69) is 37.5 Å². The van der Waals surface area contributed by atoms with Gasteiger partial charge in [0.15, 0.2) is 5.11 Å². The van der Waals surface area contributed by atoms with E-state index in [1.165, 1.54) is 11.1 Å². The molecule has 98 valence electrons. The number of hydrogen-bond acceptors (Lipinski definition) is 3. The number of hydrogen-bond donors (Lipinski definition) is 3. The molecule has 0 atom stereocenters. The molecule has 1 heterocycles. The Morgan fingerprint density at radius 2 is 2.22 bits per heavy atom. The van der Waals surface area contributed by atoms with Crippen LogP contribution in [0.1, 0.15) is 25.0 Å². The van der Waals surface area contributed by atoms with E-state index in [9.17, 15) is 0 Å². The normalized spacial score (nSPS) is 15.8. The van der Waals surface area contributed by atoms with Crippen LogP contribution >= 0.6 is 12.2 Å². The van der Waals surface area contributed by atoms with E-state index in [-0.39, 0.29) is 5.60 Å². The number of rotatable bonds is 2. The molecule has 1 aliphatic heterocycles. The van der Waals surface area contributed by atoms with Crippen molar-refractivity contribution in [2.45, 2.75) is 32.8 Å². The summed E-state index contributed by atoms with van der Waals surface area (Å²) in [7, 11) is 0. The fourth-order valence-electron chi connectivity index (χ4n) is 2.16. The van der Waals surface area contributed by atoms with Crippen molar-refractivity contribution in [3.63, 3.8) is 0 Å². The van der Waals surface area contributed by atoms with Crippen molar-refractivity contribution in [3.8, 4) is 5.75 Å². The maximum Gasteiger partial charge on any atom is 0.171 e. The monoisotopic (exact) mass is 265 g/mol. The van der Waals surface area contributed by atoms with E-state index < -0.39 is 0 Å². The highest BCUT2D eigenvalue weighted by Crippen LogP contribution is 2.42. The van der Waals surface area contributed by atoms with Crippen LogP contribution in [0.2, 0.25) is 0 Å². The molecule has 2 rings (SSSR count). The van der Waals surface area contributed by atoms with E-state index in [1.807, 2.05) is 6.07 Å². The molecule has 0 fully saturated rings. The predicted octanol–water partition coefficient (Wildman–Crippen LogP) is 1.91. The summed E-state index contributed by atoms with van der Waals surface area (Å²) in [6.07, 6.45) is 0.917. The van der Waals surface area contributed by atoms with Gasteiger partial charge < -0.3 is 21.1 Å². The number of thiocarbonyl (C=S) groups is 1. The Balaban J connectivity index is 2.30. The van der Waals surface area contributed by atoms with Crippen molar-refractivity contribution in [2.75, 3.05) is 12.0 Å². The molecule has 0 saturated heterocycles. The van der Waals surface area contributed by atoms with Crippen LogP contribution in [0.5, 0.6) is 5.75 Å². The van der Waals surface area contributed by atoms with Gasteiger partial charge >= 0.3 is 0 Å². The molecular formula is C13H19N3OS. The van der Waals surface area contributed by atoms with Crippen LogP contribution in [-0.2, 0) is 6.42 Å². The Labute approximate surface area is 113 Å². The molecule has 1 aromatic rings. The highest BCUT2D eigenvalue weighted by molar-refractivity contribution is 7.80. The number of nitrogens with one attached hydrogen (secondary N) is 2. The van der Waals surface area contributed by atoms with E-state index in [0.717, 1.165) is 17.9 Å². The van der Waals surface area contributed by atoms with Crippen LogP contribution in [0.25, 0.3) is 0 Å². The third-order valence-electron chi connectivity index (χ3n) is 2.99. The molecule has 18 heavy (non-hydrogen) atoms. The summed E-state index contributed by atoms with van der Waals surface area (Å²) >= 11 is 5.14. The second kappa shape index (κ2) is 4.74. The SMILES string of the molecule is Cc1ccc(NC(=S)NCN)c2c1CC(C)(C)O2. The summed E-state index contributed by atoms with van der Waals surface area (Å²) in [5.74, 6) is 0.904. The number of ether oxygens (including phenoxy) is 1. The number of nitrogens with two attached hydrogens (primary N) is 1. The van der Waals surface area contributed by atoms with Crippen molar-refractivity contribution < 1.29 is 4.74 Å². The van der Waals surface area contributed by atoms with Crippen molar-refractivity contribution in [2.24, 2.45) is 5.73 Å². The van der Waals surface area contributed by atoms with Gasteiger partial charge in [0.05, 0.1) is 12.4 Å². The Hall–Kier alpha value is -1.33. The summed E-state index contributed by atoms with van der Waals surface area (Å²) in [4.78, 5) is 0. The lowest BCUT2D eigenvalue weighted by Gasteiger charge is -2.18. The molecule has 0 radical (unpaired) electrons. The first-order valence-corrected chi connectivity index (χ1v) is 6.40. The average molecular weight is 265 g/mol. The fourth-order valence-corrected chi connectivity index (χ4v) is 2.35. The summed E-state index contributed by atoms with van der Waals surface area (Å²) in [5.41, 5.74) is 8.63. The molecule has 0 saturated carbocycles. The maximum atomic E-state index is 6.00. The van der Waals surface area contributed by atoms with Crippen LogP contribution in [0.15, 0.2) is 12.1 Å². The van der Waals surface area contributed by atoms with Gasteiger partial charge in [-0.3, -0.25) is 0 Å². The van der Waals surface area contributed by atoms with Gasteiger partial charge in [0.1, 0.15) is 11.4 Å². The minimum atomic E-state index is -0.159. The summed E-state index contributed by atoms with van der Waals surface area (Å²) in [5, 5.41) is 6.50. The number of benzene rings is 1. The van der Waals surface area contributed by atoms with Gasteiger partial charge in [-0.2, -0.15) is 0 Å². The predicted molar refractivity (Wildman–Crippen MR) is 78.0 cm³/mol. The van der Waals surface area contributed by atoms with E-state index in [1.54, 1.807) is 0 Å². The second-order valence-electron chi connectivity index (χ2n) is 5.11. The molecule has 5 heteroatoms. The molecule has 0 aliphatic carbocycles. The van der Waals surface area contributed by atoms with Crippen LogP contribution in [0.3, 0.4) is 0 Å². The Kier molecular flexibility index (Phi) is 3.45. The smallest absolute Gasteiger partial charge is 0.171 e. The second-order valence-corrected chi connectivity index (χ2v) is 5.52. The van der Waals surface area contributed by atoms with E-state index >= 15 is 0 Å². The lowest BCUT2D eigenvalue weighted by molar-refractivity contribution is 0.139. The fraction of sp³-hybridized carbons (Fsp3) is 0.462. The topological polar surface area (TPSA) is 59.3 Å². The average Bonchev–Trinajstić information content (AvgIpc) is 2.60. The molecule has 1 aromatic carbocycles. The standard InChI is InChI=1S/C13H19N3OS/c1-8-4-5-10(16-12(18)15-7-14)11-9(8)6-13(2,3)17-11/h4-5H,6-7,14H2,1-3H3,(H2,15,16,18). The quantitative estimate of drug-likeness (QED) is 0.563. The van der Waals surface area contributed by atoms with Crippen LogP contribution in [0, 0.1) is 6.92 Å². The zero-order chi connectivity index (χ0) is 13.3. The minimum Gasteiger partial charge on any atom is -0.485 e. The molecular weight excluding hydrogens is 246 g/mol. The Bertz CT molecular complexity index is 485. The van der Waals surface area contributed by atoms with Gasteiger partial charge in [-0.25, -0.2) is 0 Å². The number of aryl methyl sites for hydroxylation is 1. The maximum absolute atomic E-state index is 6.00. The zero-order valence-electron chi connectivity index (χ0n) is 11.0. The highest BCUT2D eigenvalue weighted by Gasteiger charge is 2.33.